The van der Waals surface area contributed by atoms with E-state index in [1.54, 1.807) is 7.11 Å². The quantitative estimate of drug-likeness (QED) is 0.880. The van der Waals surface area contributed by atoms with E-state index >= 15 is 0 Å². The second-order valence-corrected chi connectivity index (χ2v) is 4.30. The van der Waals surface area contributed by atoms with Crippen molar-refractivity contribution >= 4 is 10.9 Å². The molecule has 2 N–H and O–H groups in total. The number of aromatic nitrogens is 1. The number of nitrogens with zero attached hydrogens (tertiary/aromatic N) is 1. The Balaban J connectivity index is 2.70. The van der Waals surface area contributed by atoms with Crippen LogP contribution in [0.2, 0.25) is 0 Å². The number of fused-ring (bicyclic) bond motifs is 1. The number of aryl methyl sites for hydroxylation is 1. The van der Waals surface area contributed by atoms with Gasteiger partial charge in [0.15, 0.2) is 0 Å². The molecule has 0 bridgehead atoms. The Hall–Kier alpha value is -1.48. The number of hydrogen-bond acceptors (Lipinski definition) is 2. The summed E-state index contributed by atoms with van der Waals surface area (Å²) in [6.45, 7) is 5.95. The summed E-state index contributed by atoms with van der Waals surface area (Å²) in [7, 11) is 1.69. The van der Waals surface area contributed by atoms with Crippen LogP contribution in [0.25, 0.3) is 10.9 Å². The normalized spacial score (nSPS) is 11.1. The lowest BCUT2D eigenvalue weighted by Crippen LogP contribution is -2.02. The zero-order chi connectivity index (χ0) is 12.4. The van der Waals surface area contributed by atoms with Crippen molar-refractivity contribution in [3.8, 4) is 5.75 Å². The third kappa shape index (κ3) is 1.91. The van der Waals surface area contributed by atoms with E-state index in [0.29, 0.717) is 6.54 Å². The van der Waals surface area contributed by atoms with Crippen molar-refractivity contribution in [2.45, 2.75) is 33.4 Å². The Morgan fingerprint density at radius 1 is 1.35 bits per heavy atom. The Morgan fingerprint density at radius 3 is 2.71 bits per heavy atom. The number of nitrogens with two attached hydrogens (primary N) is 1. The van der Waals surface area contributed by atoms with Gasteiger partial charge in [-0.25, -0.2) is 0 Å². The zero-order valence-corrected chi connectivity index (χ0v) is 10.8. The number of methoxy groups -OCH3 is 1. The summed E-state index contributed by atoms with van der Waals surface area (Å²) >= 11 is 0. The van der Waals surface area contributed by atoms with Gasteiger partial charge in [0.25, 0.3) is 0 Å². The SMILES string of the molecule is CCCn1c(C)c(CN)c2cc(OC)ccc21. The van der Waals surface area contributed by atoms with Gasteiger partial charge < -0.3 is 15.0 Å². The molecular formula is C14H20N2O. The average molecular weight is 232 g/mol. The van der Waals surface area contributed by atoms with Crippen molar-refractivity contribution in [3.05, 3.63) is 29.5 Å². The summed E-state index contributed by atoms with van der Waals surface area (Å²) in [4.78, 5) is 0. The van der Waals surface area contributed by atoms with E-state index in [1.807, 2.05) is 6.07 Å². The van der Waals surface area contributed by atoms with Gasteiger partial charge in [0.05, 0.1) is 7.11 Å². The smallest absolute Gasteiger partial charge is 0.119 e. The van der Waals surface area contributed by atoms with Crippen LogP contribution in [-0.4, -0.2) is 11.7 Å². The van der Waals surface area contributed by atoms with Gasteiger partial charge in [-0.3, -0.25) is 0 Å². The second kappa shape index (κ2) is 4.80. The van der Waals surface area contributed by atoms with Crippen molar-refractivity contribution < 1.29 is 4.74 Å². The maximum Gasteiger partial charge on any atom is 0.119 e. The highest BCUT2D eigenvalue weighted by Crippen LogP contribution is 2.29. The van der Waals surface area contributed by atoms with Crippen LogP contribution in [0.3, 0.4) is 0 Å². The standard InChI is InChI=1S/C14H20N2O/c1-4-7-16-10(2)13(9-15)12-8-11(17-3)5-6-14(12)16/h5-6,8H,4,7,9,15H2,1-3H3. The lowest BCUT2D eigenvalue weighted by Gasteiger charge is -2.06. The van der Waals surface area contributed by atoms with Crippen LogP contribution in [0.5, 0.6) is 5.75 Å². The number of benzene rings is 1. The van der Waals surface area contributed by atoms with Gasteiger partial charge in [0, 0.05) is 29.7 Å². The summed E-state index contributed by atoms with van der Waals surface area (Å²) < 4.78 is 7.63. The van der Waals surface area contributed by atoms with Gasteiger partial charge in [-0.05, 0) is 37.1 Å². The van der Waals surface area contributed by atoms with E-state index in [4.69, 9.17) is 10.5 Å². The first-order valence-electron chi connectivity index (χ1n) is 6.08. The summed E-state index contributed by atoms with van der Waals surface area (Å²) in [5, 5.41) is 1.22. The van der Waals surface area contributed by atoms with Crippen molar-refractivity contribution in [3.63, 3.8) is 0 Å². The van der Waals surface area contributed by atoms with Crippen LogP contribution in [0.1, 0.15) is 24.6 Å². The third-order valence-corrected chi connectivity index (χ3v) is 3.31. The number of hydrogen-bond donors (Lipinski definition) is 1. The van der Waals surface area contributed by atoms with Crippen LogP contribution in [0.4, 0.5) is 0 Å². The Labute approximate surface area is 102 Å². The summed E-state index contributed by atoms with van der Waals surface area (Å²) in [6.07, 6.45) is 1.13. The number of rotatable bonds is 4. The predicted octanol–water partition coefficient (Wildman–Crippen LogP) is 2.83. The van der Waals surface area contributed by atoms with E-state index in [2.05, 4.69) is 30.5 Å². The van der Waals surface area contributed by atoms with Gasteiger partial charge in [-0.1, -0.05) is 6.92 Å². The molecule has 0 aliphatic rings. The Kier molecular flexibility index (Phi) is 3.38. The predicted molar refractivity (Wildman–Crippen MR) is 71.4 cm³/mol. The fourth-order valence-corrected chi connectivity index (χ4v) is 2.43. The molecule has 0 spiro atoms. The van der Waals surface area contributed by atoms with Crippen molar-refractivity contribution in [2.24, 2.45) is 5.73 Å². The molecule has 0 saturated heterocycles. The zero-order valence-electron chi connectivity index (χ0n) is 10.8. The number of ether oxygens (including phenoxy) is 1. The lowest BCUT2D eigenvalue weighted by molar-refractivity contribution is 0.415. The molecule has 0 radical (unpaired) electrons. The van der Waals surface area contributed by atoms with E-state index in [0.717, 1.165) is 18.7 Å². The van der Waals surface area contributed by atoms with E-state index in [-0.39, 0.29) is 0 Å². The molecule has 1 aromatic carbocycles. The summed E-state index contributed by atoms with van der Waals surface area (Å²) in [5.74, 6) is 0.890. The van der Waals surface area contributed by atoms with Crippen molar-refractivity contribution in [1.82, 2.24) is 4.57 Å². The maximum absolute atomic E-state index is 5.86. The first-order chi connectivity index (χ1) is 8.22. The molecule has 1 aromatic heterocycles. The molecule has 0 unspecified atom stereocenters. The molecule has 0 aliphatic carbocycles. The molecule has 17 heavy (non-hydrogen) atoms. The van der Waals surface area contributed by atoms with Crippen LogP contribution in [-0.2, 0) is 13.1 Å². The highest BCUT2D eigenvalue weighted by atomic mass is 16.5. The van der Waals surface area contributed by atoms with E-state index in [9.17, 15) is 0 Å². The summed E-state index contributed by atoms with van der Waals surface area (Å²) in [6, 6.07) is 6.21. The van der Waals surface area contributed by atoms with E-state index < -0.39 is 0 Å². The first-order valence-corrected chi connectivity index (χ1v) is 6.08. The molecule has 3 heteroatoms. The van der Waals surface area contributed by atoms with Gasteiger partial charge >= 0.3 is 0 Å². The van der Waals surface area contributed by atoms with Gasteiger partial charge in [-0.2, -0.15) is 0 Å². The van der Waals surface area contributed by atoms with Gasteiger partial charge in [0.2, 0.25) is 0 Å². The van der Waals surface area contributed by atoms with Gasteiger partial charge in [-0.15, -0.1) is 0 Å². The second-order valence-electron chi connectivity index (χ2n) is 4.30. The fraction of sp³-hybridized carbons (Fsp3) is 0.429. The van der Waals surface area contributed by atoms with E-state index in [1.165, 1.54) is 22.2 Å². The minimum Gasteiger partial charge on any atom is -0.497 e. The highest BCUT2D eigenvalue weighted by molar-refractivity contribution is 5.86. The minimum absolute atomic E-state index is 0.576. The van der Waals surface area contributed by atoms with Crippen molar-refractivity contribution in [1.29, 1.82) is 0 Å². The van der Waals surface area contributed by atoms with Crippen molar-refractivity contribution in [2.75, 3.05) is 7.11 Å². The molecule has 0 amide bonds. The van der Waals surface area contributed by atoms with Crippen LogP contribution >= 0.6 is 0 Å². The third-order valence-electron chi connectivity index (χ3n) is 3.31. The molecular weight excluding hydrogens is 212 g/mol. The van der Waals surface area contributed by atoms with Gasteiger partial charge in [0.1, 0.15) is 5.75 Å². The Morgan fingerprint density at radius 2 is 2.12 bits per heavy atom. The molecule has 0 atom stereocenters. The highest BCUT2D eigenvalue weighted by Gasteiger charge is 2.12. The van der Waals surface area contributed by atoms with Crippen LogP contribution in [0, 0.1) is 6.92 Å². The fourth-order valence-electron chi connectivity index (χ4n) is 2.43. The molecule has 2 rings (SSSR count). The Bertz CT molecular complexity index is 528. The molecule has 0 aliphatic heterocycles. The molecule has 92 valence electrons. The maximum atomic E-state index is 5.86. The van der Waals surface area contributed by atoms with Crippen LogP contribution < -0.4 is 10.5 Å². The lowest BCUT2D eigenvalue weighted by atomic mass is 10.1. The molecule has 0 saturated carbocycles. The topological polar surface area (TPSA) is 40.2 Å². The van der Waals surface area contributed by atoms with Crippen LogP contribution in [0.15, 0.2) is 18.2 Å². The molecule has 0 fully saturated rings. The average Bonchev–Trinajstić information content (AvgIpc) is 2.62. The molecule has 3 nitrogen and oxygen atoms in total. The molecule has 2 aromatic rings. The monoisotopic (exact) mass is 232 g/mol. The summed E-state index contributed by atoms with van der Waals surface area (Å²) in [5.41, 5.74) is 9.62. The minimum atomic E-state index is 0.576. The molecule has 1 heterocycles. The first kappa shape index (κ1) is 12.0. The largest absolute Gasteiger partial charge is 0.497 e.